The molecule has 2 heterocycles. The number of likely N-dealkylation sites (tertiary alicyclic amines) is 1. The first-order chi connectivity index (χ1) is 12.4. The van der Waals surface area contributed by atoms with E-state index in [2.05, 4.69) is 17.2 Å². The molecule has 136 valence electrons. The number of hydrogen-bond donors (Lipinski definition) is 1. The summed E-state index contributed by atoms with van der Waals surface area (Å²) in [5, 5.41) is 3.54. The average molecular weight is 392 g/mol. The molecule has 1 aromatic heterocycles. The predicted octanol–water partition coefficient (Wildman–Crippen LogP) is 4.51. The van der Waals surface area contributed by atoms with Crippen LogP contribution in [0.3, 0.4) is 0 Å². The SMILES string of the molecule is CC1CCCN(C(=O)c2cccc(C(=O)Nc3cc(Cl)cc(Cl)c3)n2)C1. The quantitative estimate of drug-likeness (QED) is 0.836. The molecule has 1 saturated heterocycles. The minimum atomic E-state index is -0.426. The fraction of sp³-hybridized carbons (Fsp3) is 0.316. The minimum Gasteiger partial charge on any atom is -0.337 e. The number of pyridine rings is 1. The van der Waals surface area contributed by atoms with Crippen LogP contribution in [0.1, 0.15) is 40.7 Å². The average Bonchev–Trinajstić information content (AvgIpc) is 2.60. The van der Waals surface area contributed by atoms with Crippen molar-refractivity contribution in [2.75, 3.05) is 18.4 Å². The third kappa shape index (κ3) is 4.54. The molecule has 2 amide bonds. The van der Waals surface area contributed by atoms with Crippen molar-refractivity contribution in [3.8, 4) is 0 Å². The van der Waals surface area contributed by atoms with E-state index in [9.17, 15) is 9.59 Å². The van der Waals surface area contributed by atoms with Gasteiger partial charge in [-0.3, -0.25) is 9.59 Å². The molecule has 1 unspecified atom stereocenters. The van der Waals surface area contributed by atoms with Crippen molar-refractivity contribution >= 4 is 40.7 Å². The Hall–Kier alpha value is -2.11. The van der Waals surface area contributed by atoms with Gasteiger partial charge in [-0.05, 0) is 49.1 Å². The number of carbonyl (C=O) groups is 2. The lowest BCUT2D eigenvalue weighted by atomic mass is 10.00. The molecule has 1 aliphatic rings. The molecule has 1 atom stereocenters. The van der Waals surface area contributed by atoms with Crippen LogP contribution in [0.5, 0.6) is 0 Å². The first kappa shape index (κ1) is 18.7. The van der Waals surface area contributed by atoms with Crippen LogP contribution < -0.4 is 5.32 Å². The van der Waals surface area contributed by atoms with Gasteiger partial charge in [0.1, 0.15) is 11.4 Å². The second-order valence-electron chi connectivity index (χ2n) is 6.52. The summed E-state index contributed by atoms with van der Waals surface area (Å²) in [6, 6.07) is 9.63. The van der Waals surface area contributed by atoms with E-state index < -0.39 is 5.91 Å². The Balaban J connectivity index is 1.75. The maximum Gasteiger partial charge on any atom is 0.274 e. The number of carbonyl (C=O) groups excluding carboxylic acids is 2. The van der Waals surface area contributed by atoms with Gasteiger partial charge in [0.2, 0.25) is 0 Å². The largest absolute Gasteiger partial charge is 0.337 e. The number of piperidine rings is 1. The summed E-state index contributed by atoms with van der Waals surface area (Å²) in [6.45, 7) is 3.58. The fourth-order valence-electron chi connectivity index (χ4n) is 3.04. The number of nitrogens with zero attached hydrogens (tertiary/aromatic N) is 2. The summed E-state index contributed by atoms with van der Waals surface area (Å²) in [5.74, 6) is -0.0891. The summed E-state index contributed by atoms with van der Waals surface area (Å²) >= 11 is 11.9. The monoisotopic (exact) mass is 391 g/mol. The number of halogens is 2. The number of nitrogens with one attached hydrogen (secondary N) is 1. The molecule has 7 heteroatoms. The second kappa shape index (κ2) is 8.06. The highest BCUT2D eigenvalue weighted by atomic mass is 35.5. The smallest absolute Gasteiger partial charge is 0.274 e. The third-order valence-electron chi connectivity index (χ3n) is 4.27. The molecule has 1 aromatic carbocycles. The van der Waals surface area contributed by atoms with Crippen LogP contribution in [-0.2, 0) is 0 Å². The summed E-state index contributed by atoms with van der Waals surface area (Å²) in [6.07, 6.45) is 2.12. The number of rotatable bonds is 3. The Morgan fingerprint density at radius 2 is 1.85 bits per heavy atom. The molecule has 3 rings (SSSR count). The Kier molecular flexibility index (Phi) is 5.79. The Morgan fingerprint density at radius 1 is 1.15 bits per heavy atom. The molecular formula is C19H19Cl2N3O2. The molecule has 0 aliphatic carbocycles. The molecule has 1 fully saturated rings. The van der Waals surface area contributed by atoms with E-state index in [-0.39, 0.29) is 17.3 Å². The fourth-order valence-corrected chi connectivity index (χ4v) is 3.56. The summed E-state index contributed by atoms with van der Waals surface area (Å²) in [5.41, 5.74) is 0.906. The normalized spacial score (nSPS) is 17.0. The van der Waals surface area contributed by atoms with Crippen LogP contribution in [0, 0.1) is 5.92 Å². The first-order valence-electron chi connectivity index (χ1n) is 8.46. The Bertz CT molecular complexity index is 821. The number of anilines is 1. The Morgan fingerprint density at radius 3 is 2.54 bits per heavy atom. The Labute approximate surface area is 162 Å². The van der Waals surface area contributed by atoms with Gasteiger partial charge < -0.3 is 10.2 Å². The van der Waals surface area contributed by atoms with Crippen molar-refractivity contribution in [2.45, 2.75) is 19.8 Å². The van der Waals surface area contributed by atoms with Gasteiger partial charge in [0.05, 0.1) is 0 Å². The lowest BCUT2D eigenvalue weighted by Gasteiger charge is -2.30. The zero-order valence-electron chi connectivity index (χ0n) is 14.3. The molecule has 26 heavy (non-hydrogen) atoms. The van der Waals surface area contributed by atoms with E-state index in [1.807, 2.05) is 0 Å². The third-order valence-corrected chi connectivity index (χ3v) is 4.70. The van der Waals surface area contributed by atoms with Crippen molar-refractivity contribution in [3.63, 3.8) is 0 Å². The maximum atomic E-state index is 12.7. The maximum absolute atomic E-state index is 12.7. The van der Waals surface area contributed by atoms with E-state index in [0.717, 1.165) is 25.9 Å². The second-order valence-corrected chi connectivity index (χ2v) is 7.39. The van der Waals surface area contributed by atoms with Gasteiger partial charge in [0.25, 0.3) is 11.8 Å². The molecule has 1 N–H and O–H groups in total. The predicted molar refractivity (Wildman–Crippen MR) is 103 cm³/mol. The van der Waals surface area contributed by atoms with E-state index in [1.54, 1.807) is 41.3 Å². The highest BCUT2D eigenvalue weighted by molar-refractivity contribution is 6.35. The molecule has 5 nitrogen and oxygen atoms in total. The van der Waals surface area contributed by atoms with Gasteiger partial charge in [-0.15, -0.1) is 0 Å². The van der Waals surface area contributed by atoms with E-state index >= 15 is 0 Å². The number of aromatic nitrogens is 1. The molecule has 0 saturated carbocycles. The lowest BCUT2D eigenvalue weighted by molar-refractivity contribution is 0.0677. The molecule has 2 aromatic rings. The van der Waals surface area contributed by atoms with Gasteiger partial charge in [0, 0.05) is 28.8 Å². The van der Waals surface area contributed by atoms with E-state index in [0.29, 0.717) is 21.7 Å². The van der Waals surface area contributed by atoms with E-state index in [1.165, 1.54) is 0 Å². The van der Waals surface area contributed by atoms with Gasteiger partial charge in [-0.25, -0.2) is 4.98 Å². The highest BCUT2D eigenvalue weighted by Gasteiger charge is 2.23. The summed E-state index contributed by atoms with van der Waals surface area (Å²) < 4.78 is 0. The van der Waals surface area contributed by atoms with Crippen LogP contribution in [-0.4, -0.2) is 34.8 Å². The minimum absolute atomic E-state index is 0.142. The standard InChI is InChI=1S/C19H19Cl2N3O2/c1-12-4-3-7-24(11-12)19(26)17-6-2-5-16(23-17)18(25)22-15-9-13(20)8-14(21)10-15/h2,5-6,8-10,12H,3-4,7,11H2,1H3,(H,22,25). The molecule has 0 radical (unpaired) electrons. The van der Waals surface area contributed by atoms with Crippen molar-refractivity contribution < 1.29 is 9.59 Å². The van der Waals surface area contributed by atoms with Gasteiger partial charge in [0.15, 0.2) is 0 Å². The first-order valence-corrected chi connectivity index (χ1v) is 9.22. The van der Waals surface area contributed by atoms with Crippen molar-refractivity contribution in [2.24, 2.45) is 5.92 Å². The van der Waals surface area contributed by atoms with Crippen LogP contribution in [0.15, 0.2) is 36.4 Å². The topological polar surface area (TPSA) is 62.3 Å². The molecular weight excluding hydrogens is 373 g/mol. The summed E-state index contributed by atoms with van der Waals surface area (Å²) in [4.78, 5) is 31.2. The van der Waals surface area contributed by atoms with Crippen molar-refractivity contribution in [1.29, 1.82) is 0 Å². The van der Waals surface area contributed by atoms with Crippen LogP contribution in [0.2, 0.25) is 10.0 Å². The van der Waals surface area contributed by atoms with E-state index in [4.69, 9.17) is 23.2 Å². The molecule has 0 spiro atoms. The number of amides is 2. The van der Waals surface area contributed by atoms with Crippen LogP contribution in [0.4, 0.5) is 5.69 Å². The van der Waals surface area contributed by atoms with Crippen molar-refractivity contribution in [3.05, 3.63) is 57.8 Å². The van der Waals surface area contributed by atoms with Crippen molar-refractivity contribution in [1.82, 2.24) is 9.88 Å². The molecule has 0 bridgehead atoms. The van der Waals surface area contributed by atoms with Crippen LogP contribution >= 0.6 is 23.2 Å². The zero-order chi connectivity index (χ0) is 18.7. The van der Waals surface area contributed by atoms with Crippen LogP contribution in [0.25, 0.3) is 0 Å². The van der Waals surface area contributed by atoms with Gasteiger partial charge in [-0.2, -0.15) is 0 Å². The summed E-state index contributed by atoms with van der Waals surface area (Å²) in [7, 11) is 0. The lowest BCUT2D eigenvalue weighted by Crippen LogP contribution is -2.39. The molecule has 1 aliphatic heterocycles. The number of hydrogen-bond acceptors (Lipinski definition) is 3. The van der Waals surface area contributed by atoms with Gasteiger partial charge >= 0.3 is 0 Å². The number of benzene rings is 1. The zero-order valence-corrected chi connectivity index (χ0v) is 15.8. The van der Waals surface area contributed by atoms with Gasteiger partial charge in [-0.1, -0.05) is 36.2 Å². The highest BCUT2D eigenvalue weighted by Crippen LogP contribution is 2.23.